The first-order chi connectivity index (χ1) is 11.0. The van der Waals surface area contributed by atoms with Crippen LogP contribution in [0.25, 0.3) is 0 Å². The van der Waals surface area contributed by atoms with E-state index in [1.165, 1.54) is 16.3 Å². The van der Waals surface area contributed by atoms with E-state index in [0.29, 0.717) is 24.5 Å². The molecule has 0 radical (unpaired) electrons. The zero-order chi connectivity index (χ0) is 16.9. The first-order valence-corrected chi connectivity index (χ1v) is 8.94. The van der Waals surface area contributed by atoms with Crippen LogP contribution < -0.4 is 11.0 Å². The number of aromatic nitrogens is 3. The molecule has 126 valence electrons. The van der Waals surface area contributed by atoms with Gasteiger partial charge >= 0.3 is 5.69 Å². The normalized spacial score (nSPS) is 18.1. The summed E-state index contributed by atoms with van der Waals surface area (Å²) >= 11 is 1.24. The third kappa shape index (κ3) is 4.16. The van der Waals surface area contributed by atoms with Crippen molar-refractivity contribution in [3.63, 3.8) is 0 Å². The van der Waals surface area contributed by atoms with Gasteiger partial charge in [-0.3, -0.25) is 9.36 Å². The fraction of sp³-hybridized carbons (Fsp3) is 0.733. The quantitative estimate of drug-likeness (QED) is 0.770. The topological polar surface area (TPSA) is 104 Å². The number of thioether (sulfide) groups is 1. The van der Waals surface area contributed by atoms with E-state index in [1.54, 1.807) is 6.92 Å². The Labute approximate surface area is 139 Å². The predicted molar refractivity (Wildman–Crippen MR) is 88.0 cm³/mol. The smallest absolute Gasteiger partial charge is 0.337 e. The zero-order valence-corrected chi connectivity index (χ0v) is 14.4. The predicted octanol–water partition coefficient (Wildman–Crippen LogP) is 1.80. The Balaban J connectivity index is 2.03. The van der Waals surface area contributed by atoms with Crippen molar-refractivity contribution in [2.24, 2.45) is 0 Å². The summed E-state index contributed by atoms with van der Waals surface area (Å²) in [5, 5.41) is 18.8. The van der Waals surface area contributed by atoms with Crippen LogP contribution in [0.3, 0.4) is 0 Å². The van der Waals surface area contributed by atoms with Crippen molar-refractivity contribution in [3.05, 3.63) is 10.5 Å². The molecule has 1 fully saturated rings. The lowest BCUT2D eigenvalue weighted by molar-refractivity contribution is -0.121. The number of carbonyl (C=O) groups is 1. The maximum atomic E-state index is 12.4. The van der Waals surface area contributed by atoms with Crippen molar-refractivity contribution >= 4 is 17.7 Å². The highest BCUT2D eigenvalue weighted by Gasteiger charge is 2.35. The molecule has 1 atom stereocenters. The molecule has 1 aliphatic rings. The summed E-state index contributed by atoms with van der Waals surface area (Å²) in [5.74, 6) is -0.183. The van der Waals surface area contributed by atoms with Gasteiger partial charge in [0.15, 0.2) is 5.16 Å². The minimum atomic E-state index is -0.737. The van der Waals surface area contributed by atoms with Gasteiger partial charge in [0.05, 0.1) is 11.3 Å². The van der Waals surface area contributed by atoms with Gasteiger partial charge in [0, 0.05) is 6.54 Å². The van der Waals surface area contributed by atoms with Crippen LogP contribution in [0.5, 0.6) is 0 Å². The van der Waals surface area contributed by atoms with Gasteiger partial charge in [-0.1, -0.05) is 37.9 Å². The number of rotatable bonds is 6. The van der Waals surface area contributed by atoms with Crippen molar-refractivity contribution in [2.45, 2.75) is 74.9 Å². The fourth-order valence-corrected chi connectivity index (χ4v) is 3.67. The minimum Gasteiger partial charge on any atom is -0.337 e. The number of nitriles is 1. The van der Waals surface area contributed by atoms with Gasteiger partial charge in [-0.25, -0.2) is 9.89 Å². The lowest BCUT2D eigenvalue weighted by Gasteiger charge is -2.32. The SMILES string of the molecule is CCCn1c(S[C@H](C)C(=O)NC2(C#N)CCCCC2)n[nH]c1=O. The fourth-order valence-electron chi connectivity index (χ4n) is 2.78. The maximum absolute atomic E-state index is 12.4. The molecule has 2 N–H and O–H groups in total. The molecule has 1 heterocycles. The Kier molecular flexibility index (Phi) is 5.88. The van der Waals surface area contributed by atoms with Crippen LogP contribution in [-0.2, 0) is 11.3 Å². The van der Waals surface area contributed by atoms with Crippen molar-refractivity contribution in [1.29, 1.82) is 5.26 Å². The Morgan fingerprint density at radius 2 is 2.22 bits per heavy atom. The van der Waals surface area contributed by atoms with E-state index in [2.05, 4.69) is 21.6 Å². The highest BCUT2D eigenvalue weighted by Crippen LogP contribution is 2.29. The van der Waals surface area contributed by atoms with Gasteiger partial charge in [0.25, 0.3) is 0 Å². The Hall–Kier alpha value is -1.75. The second kappa shape index (κ2) is 7.68. The van der Waals surface area contributed by atoms with Gasteiger partial charge in [0.2, 0.25) is 5.91 Å². The summed E-state index contributed by atoms with van der Waals surface area (Å²) in [6.07, 6.45) is 5.26. The van der Waals surface area contributed by atoms with Crippen molar-refractivity contribution in [1.82, 2.24) is 20.1 Å². The van der Waals surface area contributed by atoms with E-state index in [4.69, 9.17) is 0 Å². The molecule has 1 aromatic heterocycles. The van der Waals surface area contributed by atoms with E-state index in [-0.39, 0.29) is 11.6 Å². The second-order valence-electron chi connectivity index (χ2n) is 5.97. The van der Waals surface area contributed by atoms with E-state index in [1.807, 2.05) is 6.92 Å². The number of amides is 1. The number of aromatic amines is 1. The Morgan fingerprint density at radius 1 is 1.52 bits per heavy atom. The Morgan fingerprint density at radius 3 is 2.83 bits per heavy atom. The van der Waals surface area contributed by atoms with Crippen molar-refractivity contribution < 1.29 is 4.79 Å². The molecule has 7 nitrogen and oxygen atoms in total. The van der Waals surface area contributed by atoms with Gasteiger partial charge < -0.3 is 5.32 Å². The molecule has 1 aromatic rings. The Bertz CT molecular complexity index is 639. The molecular weight excluding hydrogens is 314 g/mol. The minimum absolute atomic E-state index is 0.183. The highest BCUT2D eigenvalue weighted by molar-refractivity contribution is 8.00. The third-order valence-electron chi connectivity index (χ3n) is 4.11. The maximum Gasteiger partial charge on any atom is 0.343 e. The van der Waals surface area contributed by atoms with Gasteiger partial charge in [-0.2, -0.15) is 5.26 Å². The molecule has 0 bridgehead atoms. The van der Waals surface area contributed by atoms with Crippen LogP contribution in [0.4, 0.5) is 0 Å². The molecule has 1 aliphatic carbocycles. The third-order valence-corrected chi connectivity index (χ3v) is 5.20. The molecular formula is C15H23N5O2S. The zero-order valence-electron chi connectivity index (χ0n) is 13.6. The first-order valence-electron chi connectivity index (χ1n) is 8.06. The van der Waals surface area contributed by atoms with Crippen LogP contribution in [0.2, 0.25) is 0 Å². The molecule has 2 rings (SSSR count). The summed E-state index contributed by atoms with van der Waals surface area (Å²) < 4.78 is 1.54. The number of hydrogen-bond acceptors (Lipinski definition) is 5. The first kappa shape index (κ1) is 17.6. The summed E-state index contributed by atoms with van der Waals surface area (Å²) in [6.45, 7) is 4.31. The van der Waals surface area contributed by atoms with Gasteiger partial charge in [-0.05, 0) is 26.2 Å². The molecule has 0 unspecified atom stereocenters. The van der Waals surface area contributed by atoms with Crippen LogP contribution >= 0.6 is 11.8 Å². The monoisotopic (exact) mass is 337 g/mol. The number of nitrogens with zero attached hydrogens (tertiary/aromatic N) is 3. The average molecular weight is 337 g/mol. The molecule has 0 saturated heterocycles. The second-order valence-corrected chi connectivity index (χ2v) is 7.27. The number of carbonyl (C=O) groups excluding carboxylic acids is 1. The molecule has 23 heavy (non-hydrogen) atoms. The van der Waals surface area contributed by atoms with Crippen LogP contribution in [0.1, 0.15) is 52.4 Å². The van der Waals surface area contributed by atoms with Crippen molar-refractivity contribution in [2.75, 3.05) is 0 Å². The number of nitrogens with one attached hydrogen (secondary N) is 2. The molecule has 1 saturated carbocycles. The van der Waals surface area contributed by atoms with E-state index >= 15 is 0 Å². The number of hydrogen-bond donors (Lipinski definition) is 2. The van der Waals surface area contributed by atoms with E-state index in [9.17, 15) is 14.9 Å². The van der Waals surface area contributed by atoms with Gasteiger partial charge in [-0.15, -0.1) is 5.10 Å². The lowest BCUT2D eigenvalue weighted by atomic mass is 9.83. The molecule has 0 aromatic carbocycles. The largest absolute Gasteiger partial charge is 0.343 e. The van der Waals surface area contributed by atoms with Crippen molar-refractivity contribution in [3.8, 4) is 6.07 Å². The highest BCUT2D eigenvalue weighted by atomic mass is 32.2. The summed E-state index contributed by atoms with van der Waals surface area (Å²) in [5.41, 5.74) is -0.999. The standard InChI is InChI=1S/C15H23N5O2S/c1-3-9-20-13(22)18-19-14(20)23-11(2)12(21)17-15(10-16)7-5-4-6-8-15/h11H,3-9H2,1-2H3,(H,17,21)(H,18,22)/t11-/m1/s1. The van der Waals surface area contributed by atoms with Crippen LogP contribution in [0, 0.1) is 11.3 Å². The van der Waals surface area contributed by atoms with Crippen LogP contribution in [-0.4, -0.2) is 31.5 Å². The summed E-state index contributed by atoms with van der Waals surface area (Å²) in [7, 11) is 0. The van der Waals surface area contributed by atoms with Crippen LogP contribution in [0.15, 0.2) is 9.95 Å². The lowest BCUT2D eigenvalue weighted by Crippen LogP contribution is -2.51. The average Bonchev–Trinajstić information content (AvgIpc) is 2.89. The summed E-state index contributed by atoms with van der Waals surface area (Å²) in [4.78, 5) is 24.1. The summed E-state index contributed by atoms with van der Waals surface area (Å²) in [6, 6.07) is 2.28. The van der Waals surface area contributed by atoms with E-state index in [0.717, 1.165) is 25.7 Å². The van der Waals surface area contributed by atoms with Gasteiger partial charge in [0.1, 0.15) is 5.54 Å². The molecule has 0 aliphatic heterocycles. The number of H-pyrrole nitrogens is 1. The molecule has 8 heteroatoms. The molecule has 1 amide bonds. The molecule has 0 spiro atoms. The van der Waals surface area contributed by atoms with E-state index < -0.39 is 10.8 Å².